The number of ether oxygens (including phenoxy) is 2. The molecule has 1 aliphatic rings. The van der Waals surface area contributed by atoms with Crippen LogP contribution in [0.3, 0.4) is 0 Å². The Hall–Kier alpha value is -3.35. The number of piperidine rings is 1. The quantitative estimate of drug-likeness (QED) is 0.644. The van der Waals surface area contributed by atoms with Crippen molar-refractivity contribution >= 4 is 5.91 Å². The zero-order valence-corrected chi connectivity index (χ0v) is 16.4. The third-order valence-electron chi connectivity index (χ3n) is 5.21. The van der Waals surface area contributed by atoms with Crippen LogP contribution in [0.1, 0.15) is 34.8 Å². The number of carbonyl (C=O) groups excluding carboxylic acids is 1. The highest BCUT2D eigenvalue weighted by Crippen LogP contribution is 2.30. The Kier molecular flexibility index (Phi) is 5.74. The number of amides is 1. The second kappa shape index (κ2) is 8.77. The second-order valence-corrected chi connectivity index (χ2v) is 7.04. The van der Waals surface area contributed by atoms with Gasteiger partial charge in [0.15, 0.2) is 11.5 Å². The molecular formula is C22H24N4O3. The highest BCUT2D eigenvalue weighted by molar-refractivity contribution is 5.95. The zero-order chi connectivity index (χ0) is 20.1. The molecule has 7 heteroatoms. The molecule has 0 spiro atoms. The molecule has 1 amide bonds. The van der Waals surface area contributed by atoms with Crippen LogP contribution < -0.4 is 9.47 Å². The molecule has 0 atom stereocenters. The van der Waals surface area contributed by atoms with Gasteiger partial charge in [0.05, 0.1) is 13.2 Å². The molecule has 1 saturated heterocycles. The summed E-state index contributed by atoms with van der Waals surface area (Å²) in [6.07, 6.45) is 5.02. The van der Waals surface area contributed by atoms with Gasteiger partial charge in [0, 0.05) is 18.7 Å². The fourth-order valence-electron chi connectivity index (χ4n) is 3.58. The van der Waals surface area contributed by atoms with Crippen LogP contribution in [0.15, 0.2) is 61.2 Å². The zero-order valence-electron chi connectivity index (χ0n) is 16.4. The van der Waals surface area contributed by atoms with Gasteiger partial charge in [-0.2, -0.15) is 5.10 Å². The van der Waals surface area contributed by atoms with Crippen molar-refractivity contribution in [3.63, 3.8) is 0 Å². The number of aromatic nitrogens is 3. The van der Waals surface area contributed by atoms with E-state index in [4.69, 9.17) is 9.47 Å². The minimum atomic E-state index is 0.00921. The molecule has 1 aliphatic heterocycles. The van der Waals surface area contributed by atoms with Crippen LogP contribution in [-0.2, 0) is 6.61 Å². The summed E-state index contributed by atoms with van der Waals surface area (Å²) in [5, 5.41) is 4.21. The number of nitrogens with zero attached hydrogens (tertiary/aromatic N) is 4. The highest BCUT2D eigenvalue weighted by Gasteiger charge is 2.25. The first-order chi connectivity index (χ1) is 14.2. The third kappa shape index (κ3) is 4.39. The molecule has 0 unspecified atom stereocenters. The van der Waals surface area contributed by atoms with Crippen molar-refractivity contribution in [1.29, 1.82) is 0 Å². The standard InChI is InChI=1S/C22H24N4O3/c1-28-21-13-18(7-8-20(21)29-14-17-5-3-2-4-6-17)22(27)25-11-9-19(10-12-25)26-16-23-15-24-26/h2-8,13,15-16,19H,9-12,14H2,1H3. The van der Waals surface area contributed by atoms with Gasteiger partial charge in [-0.1, -0.05) is 30.3 Å². The molecule has 0 saturated carbocycles. The van der Waals surface area contributed by atoms with E-state index >= 15 is 0 Å². The van der Waals surface area contributed by atoms with Gasteiger partial charge in [0.25, 0.3) is 5.91 Å². The first kappa shape index (κ1) is 19.0. The summed E-state index contributed by atoms with van der Waals surface area (Å²) < 4.78 is 13.2. The minimum absolute atomic E-state index is 0.00921. The summed E-state index contributed by atoms with van der Waals surface area (Å²) >= 11 is 0. The van der Waals surface area contributed by atoms with Crippen LogP contribution in [0.5, 0.6) is 11.5 Å². The van der Waals surface area contributed by atoms with E-state index in [2.05, 4.69) is 10.1 Å². The molecule has 2 aromatic carbocycles. The van der Waals surface area contributed by atoms with E-state index in [0.717, 1.165) is 18.4 Å². The Bertz CT molecular complexity index is 936. The third-order valence-corrected chi connectivity index (χ3v) is 5.21. The molecule has 3 aromatic rings. The summed E-state index contributed by atoms with van der Waals surface area (Å²) in [5.74, 6) is 1.19. The van der Waals surface area contributed by atoms with Gasteiger partial charge in [0.1, 0.15) is 19.3 Å². The van der Waals surface area contributed by atoms with Crippen molar-refractivity contribution in [2.24, 2.45) is 0 Å². The number of hydrogen-bond donors (Lipinski definition) is 0. The minimum Gasteiger partial charge on any atom is -0.493 e. The van der Waals surface area contributed by atoms with E-state index in [-0.39, 0.29) is 5.91 Å². The van der Waals surface area contributed by atoms with E-state index < -0.39 is 0 Å². The highest BCUT2D eigenvalue weighted by atomic mass is 16.5. The average molecular weight is 392 g/mol. The number of benzene rings is 2. The summed E-state index contributed by atoms with van der Waals surface area (Å²) in [6, 6.07) is 15.6. The molecule has 1 aromatic heterocycles. The number of hydrogen-bond acceptors (Lipinski definition) is 5. The molecule has 7 nitrogen and oxygen atoms in total. The normalized spacial score (nSPS) is 14.6. The van der Waals surface area contributed by atoms with Gasteiger partial charge >= 0.3 is 0 Å². The van der Waals surface area contributed by atoms with Crippen molar-refractivity contribution in [1.82, 2.24) is 19.7 Å². The molecule has 29 heavy (non-hydrogen) atoms. The van der Waals surface area contributed by atoms with Gasteiger partial charge in [-0.25, -0.2) is 9.67 Å². The van der Waals surface area contributed by atoms with Crippen molar-refractivity contribution in [2.75, 3.05) is 20.2 Å². The van der Waals surface area contributed by atoms with E-state index in [9.17, 15) is 4.79 Å². The van der Waals surface area contributed by atoms with Gasteiger partial charge < -0.3 is 14.4 Å². The molecule has 1 fully saturated rings. The molecule has 2 heterocycles. The van der Waals surface area contributed by atoms with Crippen molar-refractivity contribution in [2.45, 2.75) is 25.5 Å². The first-order valence-electron chi connectivity index (χ1n) is 9.73. The summed E-state index contributed by atoms with van der Waals surface area (Å²) in [4.78, 5) is 18.8. The van der Waals surface area contributed by atoms with Crippen molar-refractivity contribution < 1.29 is 14.3 Å². The largest absolute Gasteiger partial charge is 0.493 e. The SMILES string of the molecule is COc1cc(C(=O)N2CCC(n3cncn3)CC2)ccc1OCc1ccccc1. The van der Waals surface area contributed by atoms with Gasteiger partial charge in [-0.05, 0) is 36.6 Å². The molecule has 0 N–H and O–H groups in total. The van der Waals surface area contributed by atoms with Crippen LogP contribution in [0.4, 0.5) is 0 Å². The maximum absolute atomic E-state index is 12.9. The summed E-state index contributed by atoms with van der Waals surface area (Å²) in [5.41, 5.74) is 1.68. The number of carbonyl (C=O) groups is 1. The number of methoxy groups -OCH3 is 1. The topological polar surface area (TPSA) is 69.5 Å². The van der Waals surface area contributed by atoms with Crippen LogP contribution in [0.25, 0.3) is 0 Å². The van der Waals surface area contributed by atoms with Gasteiger partial charge in [0.2, 0.25) is 0 Å². The Morgan fingerprint density at radius 2 is 1.90 bits per heavy atom. The monoisotopic (exact) mass is 392 g/mol. The van der Waals surface area contributed by atoms with Crippen molar-refractivity contribution in [3.05, 3.63) is 72.3 Å². The Labute approximate surface area is 169 Å². The van der Waals surface area contributed by atoms with Crippen molar-refractivity contribution in [3.8, 4) is 11.5 Å². The molecule has 0 bridgehead atoms. The number of rotatable bonds is 6. The smallest absolute Gasteiger partial charge is 0.253 e. The average Bonchev–Trinajstić information content (AvgIpc) is 3.33. The molecule has 4 rings (SSSR count). The predicted octanol–water partition coefficient (Wildman–Crippen LogP) is 3.34. The fourth-order valence-corrected chi connectivity index (χ4v) is 3.58. The summed E-state index contributed by atoms with van der Waals surface area (Å²) in [7, 11) is 1.59. The Morgan fingerprint density at radius 3 is 2.59 bits per heavy atom. The number of likely N-dealkylation sites (tertiary alicyclic amines) is 1. The van der Waals surface area contributed by atoms with Gasteiger partial charge in [-0.3, -0.25) is 4.79 Å². The van der Waals surface area contributed by atoms with E-state index in [1.54, 1.807) is 38.0 Å². The first-order valence-corrected chi connectivity index (χ1v) is 9.73. The van der Waals surface area contributed by atoms with Crippen LogP contribution in [-0.4, -0.2) is 45.8 Å². The second-order valence-electron chi connectivity index (χ2n) is 7.04. The van der Waals surface area contributed by atoms with E-state index in [1.165, 1.54) is 0 Å². The predicted molar refractivity (Wildman–Crippen MR) is 108 cm³/mol. The van der Waals surface area contributed by atoms with Crippen LogP contribution in [0, 0.1) is 0 Å². The molecule has 0 aliphatic carbocycles. The Morgan fingerprint density at radius 1 is 1.10 bits per heavy atom. The maximum Gasteiger partial charge on any atom is 0.253 e. The fraction of sp³-hybridized carbons (Fsp3) is 0.318. The summed E-state index contributed by atoms with van der Waals surface area (Å²) in [6.45, 7) is 1.83. The van der Waals surface area contributed by atoms with Crippen LogP contribution >= 0.6 is 0 Å². The van der Waals surface area contributed by atoms with E-state index in [0.29, 0.717) is 42.8 Å². The lowest BCUT2D eigenvalue weighted by atomic mass is 10.0. The van der Waals surface area contributed by atoms with Crippen LogP contribution in [0.2, 0.25) is 0 Å². The molecular weight excluding hydrogens is 368 g/mol. The lowest BCUT2D eigenvalue weighted by Gasteiger charge is -2.32. The Balaban J connectivity index is 1.40. The molecule has 0 radical (unpaired) electrons. The van der Waals surface area contributed by atoms with Gasteiger partial charge in [-0.15, -0.1) is 0 Å². The molecule has 150 valence electrons. The van der Waals surface area contributed by atoms with E-state index in [1.807, 2.05) is 39.9 Å². The maximum atomic E-state index is 12.9. The lowest BCUT2D eigenvalue weighted by molar-refractivity contribution is 0.0689. The lowest BCUT2D eigenvalue weighted by Crippen LogP contribution is -2.39.